The lowest BCUT2D eigenvalue weighted by Crippen LogP contribution is -2.42. The van der Waals surface area contributed by atoms with Crippen LogP contribution in [-0.4, -0.2) is 41.1 Å². The number of carbonyl (C=O) groups excluding carboxylic acids is 2. The number of carboxylic acids is 1. The van der Waals surface area contributed by atoms with Crippen molar-refractivity contribution in [2.24, 2.45) is 5.73 Å². The third-order valence-electron chi connectivity index (χ3n) is 2.95. The molecule has 0 radical (unpaired) electrons. The first-order chi connectivity index (χ1) is 10.6. The lowest BCUT2D eigenvalue weighted by Gasteiger charge is -2.21. The monoisotopic (exact) mass is 322 g/mol. The predicted octanol–water partition coefficient (Wildman–Crippen LogP) is 1.17. The van der Waals surface area contributed by atoms with Gasteiger partial charge in [0.25, 0.3) is 5.91 Å². The maximum Gasteiger partial charge on any atom is 0.326 e. The largest absolute Gasteiger partial charge is 0.480 e. The van der Waals surface area contributed by atoms with Gasteiger partial charge in [-0.2, -0.15) is 0 Å². The van der Waals surface area contributed by atoms with Crippen molar-refractivity contribution in [3.8, 4) is 0 Å². The molecule has 4 N–H and O–H groups in total. The van der Waals surface area contributed by atoms with Gasteiger partial charge in [-0.05, 0) is 39.0 Å². The highest BCUT2D eigenvalue weighted by Crippen LogP contribution is 2.09. The number of benzene rings is 1. The zero-order valence-electron chi connectivity index (χ0n) is 13.5. The fourth-order valence-electron chi connectivity index (χ4n) is 1.80. The van der Waals surface area contributed by atoms with Gasteiger partial charge in [0.15, 0.2) is 0 Å². The molecule has 0 aromatic heterocycles. The summed E-state index contributed by atoms with van der Waals surface area (Å²) >= 11 is 0. The van der Waals surface area contributed by atoms with Crippen LogP contribution in [0.4, 0.5) is 0 Å². The molecule has 0 heterocycles. The minimum absolute atomic E-state index is 0.133. The Morgan fingerprint density at radius 3 is 2.39 bits per heavy atom. The highest BCUT2D eigenvalue weighted by molar-refractivity contribution is 6.00. The molecule has 0 spiro atoms. The van der Waals surface area contributed by atoms with E-state index in [4.69, 9.17) is 10.5 Å². The number of rotatable bonds is 7. The normalized spacial score (nSPS) is 12.5. The summed E-state index contributed by atoms with van der Waals surface area (Å²) in [6, 6.07) is 4.70. The number of nitrogens with two attached hydrogens (primary N) is 1. The zero-order valence-corrected chi connectivity index (χ0v) is 13.5. The minimum Gasteiger partial charge on any atom is -0.480 e. The molecule has 0 bridgehead atoms. The van der Waals surface area contributed by atoms with Gasteiger partial charge in [0, 0.05) is 24.2 Å². The molecule has 0 aliphatic carbocycles. The summed E-state index contributed by atoms with van der Waals surface area (Å²) in [6.45, 7) is 5.77. The first-order valence-corrected chi connectivity index (χ1v) is 7.17. The highest BCUT2D eigenvalue weighted by Gasteiger charge is 2.22. The molecule has 0 saturated carbocycles. The Bertz CT molecular complexity index is 592. The van der Waals surface area contributed by atoms with E-state index in [0.717, 1.165) is 0 Å². The average Bonchev–Trinajstić information content (AvgIpc) is 2.44. The Hall–Kier alpha value is -2.41. The number of primary amides is 1. The molecule has 2 amide bonds. The van der Waals surface area contributed by atoms with Gasteiger partial charge in [-0.25, -0.2) is 4.79 Å². The Kier molecular flexibility index (Phi) is 6.27. The molecule has 23 heavy (non-hydrogen) atoms. The van der Waals surface area contributed by atoms with E-state index in [0.29, 0.717) is 0 Å². The maximum absolute atomic E-state index is 12.1. The number of hydrogen-bond donors (Lipinski definition) is 3. The van der Waals surface area contributed by atoms with E-state index < -0.39 is 23.8 Å². The number of amides is 2. The third-order valence-corrected chi connectivity index (χ3v) is 2.95. The van der Waals surface area contributed by atoms with Gasteiger partial charge >= 0.3 is 5.97 Å². The van der Waals surface area contributed by atoms with Crippen molar-refractivity contribution in [1.82, 2.24) is 5.32 Å². The van der Waals surface area contributed by atoms with Gasteiger partial charge in [0.2, 0.25) is 5.91 Å². The summed E-state index contributed by atoms with van der Waals surface area (Å²) in [4.78, 5) is 34.5. The van der Waals surface area contributed by atoms with Gasteiger partial charge in [-0.15, -0.1) is 0 Å². The molecule has 126 valence electrons. The smallest absolute Gasteiger partial charge is 0.326 e. The second-order valence-corrected chi connectivity index (χ2v) is 6.06. The van der Waals surface area contributed by atoms with Crippen LogP contribution in [0.5, 0.6) is 0 Å². The molecule has 7 heteroatoms. The number of aliphatic carboxylic acids is 1. The van der Waals surface area contributed by atoms with Crippen molar-refractivity contribution in [3.05, 3.63) is 35.4 Å². The topological polar surface area (TPSA) is 119 Å². The number of hydrogen-bond acceptors (Lipinski definition) is 4. The van der Waals surface area contributed by atoms with Crippen molar-refractivity contribution < 1.29 is 24.2 Å². The molecule has 0 fully saturated rings. The molecule has 1 rings (SSSR count). The quantitative estimate of drug-likeness (QED) is 0.696. The van der Waals surface area contributed by atoms with Crippen LogP contribution in [0.1, 0.15) is 47.9 Å². The Morgan fingerprint density at radius 2 is 1.87 bits per heavy atom. The van der Waals surface area contributed by atoms with Crippen molar-refractivity contribution in [3.63, 3.8) is 0 Å². The Morgan fingerprint density at radius 1 is 1.26 bits per heavy atom. The molecular weight excluding hydrogens is 300 g/mol. The van der Waals surface area contributed by atoms with Crippen molar-refractivity contribution in [2.45, 2.75) is 38.8 Å². The third kappa shape index (κ3) is 6.48. The summed E-state index contributed by atoms with van der Waals surface area (Å²) in [5.74, 6) is -2.40. The van der Waals surface area contributed by atoms with Crippen LogP contribution in [0.2, 0.25) is 0 Å². The average molecular weight is 322 g/mol. The van der Waals surface area contributed by atoms with E-state index in [-0.39, 0.29) is 29.8 Å². The number of carbonyl (C=O) groups is 3. The van der Waals surface area contributed by atoms with Crippen LogP contribution >= 0.6 is 0 Å². The van der Waals surface area contributed by atoms with Crippen LogP contribution in [0.3, 0.4) is 0 Å². The molecule has 1 atom stereocenters. The standard InChI is InChI=1S/C16H22N2O5/c1-16(2,3)23-8-7-12(15(21)22)18-14(20)11-6-4-5-10(9-11)13(17)19/h4-6,9,12H,7-8H2,1-3H3,(H2,17,19)(H,18,20)(H,21,22). The fourth-order valence-corrected chi connectivity index (χ4v) is 1.80. The summed E-state index contributed by atoms with van der Waals surface area (Å²) in [6.07, 6.45) is 0.133. The van der Waals surface area contributed by atoms with E-state index in [1.807, 2.05) is 20.8 Å². The summed E-state index contributed by atoms with van der Waals surface area (Å²) in [5.41, 5.74) is 5.12. The van der Waals surface area contributed by atoms with Gasteiger partial charge in [-0.1, -0.05) is 6.07 Å². The van der Waals surface area contributed by atoms with E-state index in [2.05, 4.69) is 5.32 Å². The molecule has 1 aromatic carbocycles. The van der Waals surface area contributed by atoms with Gasteiger partial charge < -0.3 is 20.9 Å². The van der Waals surface area contributed by atoms with Crippen LogP contribution in [0, 0.1) is 0 Å². The summed E-state index contributed by atoms with van der Waals surface area (Å²) in [7, 11) is 0. The van der Waals surface area contributed by atoms with Gasteiger partial charge in [0.05, 0.1) is 5.60 Å². The second kappa shape index (κ2) is 7.73. The van der Waals surface area contributed by atoms with E-state index >= 15 is 0 Å². The first-order valence-electron chi connectivity index (χ1n) is 7.17. The lowest BCUT2D eigenvalue weighted by molar-refractivity contribution is -0.140. The van der Waals surface area contributed by atoms with Crippen molar-refractivity contribution in [1.29, 1.82) is 0 Å². The summed E-state index contributed by atoms with van der Waals surface area (Å²) < 4.78 is 5.47. The minimum atomic E-state index is -1.15. The van der Waals surface area contributed by atoms with Crippen LogP contribution < -0.4 is 11.1 Å². The number of nitrogens with one attached hydrogen (secondary N) is 1. The fraction of sp³-hybridized carbons (Fsp3) is 0.438. The van der Waals surface area contributed by atoms with Crippen LogP contribution in [0.25, 0.3) is 0 Å². The Labute approximate surface area is 134 Å². The molecule has 0 saturated heterocycles. The van der Waals surface area contributed by atoms with E-state index in [1.54, 1.807) is 0 Å². The van der Waals surface area contributed by atoms with Crippen LogP contribution in [-0.2, 0) is 9.53 Å². The maximum atomic E-state index is 12.1. The highest BCUT2D eigenvalue weighted by atomic mass is 16.5. The second-order valence-electron chi connectivity index (χ2n) is 6.06. The molecule has 1 unspecified atom stereocenters. The van der Waals surface area contributed by atoms with Crippen molar-refractivity contribution in [2.75, 3.05) is 6.61 Å². The molecule has 0 aliphatic rings. The number of ether oxygens (including phenoxy) is 1. The SMILES string of the molecule is CC(C)(C)OCCC(NC(=O)c1cccc(C(N)=O)c1)C(=O)O. The lowest BCUT2D eigenvalue weighted by atomic mass is 10.1. The summed E-state index contributed by atoms with van der Waals surface area (Å²) in [5, 5.41) is 11.6. The van der Waals surface area contributed by atoms with Gasteiger partial charge in [0.1, 0.15) is 6.04 Å². The van der Waals surface area contributed by atoms with E-state index in [1.165, 1.54) is 24.3 Å². The van der Waals surface area contributed by atoms with Crippen LogP contribution in [0.15, 0.2) is 24.3 Å². The van der Waals surface area contributed by atoms with E-state index in [9.17, 15) is 19.5 Å². The molecule has 1 aromatic rings. The first kappa shape index (κ1) is 18.6. The predicted molar refractivity (Wildman–Crippen MR) is 84.2 cm³/mol. The Balaban J connectivity index is 2.72. The number of carboxylic acid groups (broad SMARTS) is 1. The molecule has 7 nitrogen and oxygen atoms in total. The van der Waals surface area contributed by atoms with Crippen molar-refractivity contribution >= 4 is 17.8 Å². The zero-order chi connectivity index (χ0) is 17.6. The molecular formula is C16H22N2O5. The van der Waals surface area contributed by atoms with Gasteiger partial charge in [-0.3, -0.25) is 9.59 Å². The molecule has 0 aliphatic heterocycles.